The highest BCUT2D eigenvalue weighted by atomic mass is 19.1. The van der Waals surface area contributed by atoms with Crippen molar-refractivity contribution in [3.8, 4) is 22.3 Å². The van der Waals surface area contributed by atoms with Gasteiger partial charge in [0.05, 0.1) is 0 Å². The lowest BCUT2D eigenvalue weighted by Crippen LogP contribution is -1.93. The van der Waals surface area contributed by atoms with Crippen molar-refractivity contribution in [3.05, 3.63) is 82.9 Å². The molecule has 0 aliphatic heterocycles. The molecule has 0 saturated heterocycles. The van der Waals surface area contributed by atoms with Crippen LogP contribution in [0.25, 0.3) is 22.3 Å². The van der Waals surface area contributed by atoms with Crippen molar-refractivity contribution >= 4 is 0 Å². The fourth-order valence-electron chi connectivity index (χ4n) is 3.06. The van der Waals surface area contributed by atoms with Gasteiger partial charge in [-0.05, 0) is 54.2 Å². The Kier molecular flexibility index (Phi) is 4.98. The molecule has 0 amide bonds. The van der Waals surface area contributed by atoms with Crippen molar-refractivity contribution in [2.24, 2.45) is 0 Å². The Morgan fingerprint density at radius 2 is 1.40 bits per heavy atom. The van der Waals surface area contributed by atoms with Gasteiger partial charge < -0.3 is 0 Å². The molecule has 128 valence electrons. The zero-order valence-electron chi connectivity index (χ0n) is 14.9. The molecule has 0 nitrogen and oxygen atoms in total. The molecule has 25 heavy (non-hydrogen) atoms. The molecule has 0 saturated carbocycles. The predicted octanol–water partition coefficient (Wildman–Crippen LogP) is 6.87. The number of hydrogen-bond acceptors (Lipinski definition) is 0. The molecule has 0 aliphatic carbocycles. The summed E-state index contributed by atoms with van der Waals surface area (Å²) in [7, 11) is 0. The van der Waals surface area contributed by atoms with Gasteiger partial charge in [0.2, 0.25) is 0 Å². The van der Waals surface area contributed by atoms with Crippen LogP contribution in [0.2, 0.25) is 0 Å². The standard InChI is InChI=1S/C23H22F2/c1-4-5-17-7-9-18(10-8-17)20-13-11-19(14-22(20)24)21-12-6-15(2)16(3)23(21)25/h6-14H,4-5H2,1-3H3. The molecule has 0 aromatic heterocycles. The van der Waals surface area contributed by atoms with Crippen LogP contribution in [0.5, 0.6) is 0 Å². The topological polar surface area (TPSA) is 0 Å². The molecule has 0 radical (unpaired) electrons. The summed E-state index contributed by atoms with van der Waals surface area (Å²) < 4.78 is 29.2. The molecule has 0 atom stereocenters. The molecule has 0 fully saturated rings. The van der Waals surface area contributed by atoms with Crippen molar-refractivity contribution in [1.82, 2.24) is 0 Å². The van der Waals surface area contributed by atoms with Gasteiger partial charge in [-0.3, -0.25) is 0 Å². The Bertz CT molecular complexity index is 893. The molecule has 3 aromatic rings. The lowest BCUT2D eigenvalue weighted by molar-refractivity contribution is 0.618. The third kappa shape index (κ3) is 3.48. The van der Waals surface area contributed by atoms with Crippen LogP contribution in [0.4, 0.5) is 8.78 Å². The molecule has 0 spiro atoms. The van der Waals surface area contributed by atoms with Crippen molar-refractivity contribution in [2.75, 3.05) is 0 Å². The number of halogens is 2. The first-order valence-electron chi connectivity index (χ1n) is 8.66. The minimum Gasteiger partial charge on any atom is -0.206 e. The summed E-state index contributed by atoms with van der Waals surface area (Å²) in [5.41, 5.74) is 5.12. The van der Waals surface area contributed by atoms with Gasteiger partial charge in [-0.2, -0.15) is 0 Å². The first-order valence-corrected chi connectivity index (χ1v) is 8.66. The molecule has 0 heterocycles. The summed E-state index contributed by atoms with van der Waals surface area (Å²) in [5, 5.41) is 0. The van der Waals surface area contributed by atoms with Crippen LogP contribution in [0.1, 0.15) is 30.0 Å². The van der Waals surface area contributed by atoms with E-state index in [2.05, 4.69) is 6.92 Å². The minimum atomic E-state index is -0.335. The molecular formula is C23H22F2. The van der Waals surface area contributed by atoms with Crippen LogP contribution in [-0.4, -0.2) is 0 Å². The van der Waals surface area contributed by atoms with Crippen LogP contribution < -0.4 is 0 Å². The zero-order valence-corrected chi connectivity index (χ0v) is 14.9. The first kappa shape index (κ1) is 17.3. The Morgan fingerprint density at radius 3 is 2.04 bits per heavy atom. The van der Waals surface area contributed by atoms with Gasteiger partial charge in [0, 0.05) is 11.1 Å². The Morgan fingerprint density at radius 1 is 0.760 bits per heavy atom. The van der Waals surface area contributed by atoms with Crippen LogP contribution in [0.15, 0.2) is 54.6 Å². The molecule has 2 heteroatoms. The summed E-state index contributed by atoms with van der Waals surface area (Å²) in [5.74, 6) is -0.616. The van der Waals surface area contributed by atoms with E-state index >= 15 is 0 Å². The molecule has 3 aromatic carbocycles. The highest BCUT2D eigenvalue weighted by Crippen LogP contribution is 2.31. The molecule has 0 N–H and O–H groups in total. The van der Waals surface area contributed by atoms with E-state index in [4.69, 9.17) is 0 Å². The average molecular weight is 336 g/mol. The maximum Gasteiger partial charge on any atom is 0.134 e. The van der Waals surface area contributed by atoms with E-state index in [1.54, 1.807) is 25.1 Å². The molecule has 0 unspecified atom stereocenters. The Balaban J connectivity index is 1.97. The quantitative estimate of drug-likeness (QED) is 0.488. The van der Waals surface area contributed by atoms with Gasteiger partial charge in [-0.15, -0.1) is 0 Å². The fourth-order valence-corrected chi connectivity index (χ4v) is 3.06. The third-order valence-corrected chi connectivity index (χ3v) is 4.74. The number of rotatable bonds is 4. The summed E-state index contributed by atoms with van der Waals surface area (Å²) in [6.45, 7) is 5.75. The normalized spacial score (nSPS) is 10.9. The maximum absolute atomic E-state index is 14.7. The second kappa shape index (κ2) is 7.18. The van der Waals surface area contributed by atoms with Gasteiger partial charge in [0.25, 0.3) is 0 Å². The van der Waals surface area contributed by atoms with E-state index in [1.165, 1.54) is 11.6 Å². The van der Waals surface area contributed by atoms with Gasteiger partial charge in [-0.25, -0.2) is 8.78 Å². The van der Waals surface area contributed by atoms with Crippen molar-refractivity contribution in [3.63, 3.8) is 0 Å². The monoisotopic (exact) mass is 336 g/mol. The summed E-state index contributed by atoms with van der Waals surface area (Å²) in [6, 6.07) is 16.5. The summed E-state index contributed by atoms with van der Waals surface area (Å²) in [4.78, 5) is 0. The second-order valence-corrected chi connectivity index (χ2v) is 6.51. The highest BCUT2D eigenvalue weighted by molar-refractivity contribution is 5.72. The lowest BCUT2D eigenvalue weighted by atomic mass is 9.96. The van der Waals surface area contributed by atoms with Crippen molar-refractivity contribution in [1.29, 1.82) is 0 Å². The number of aryl methyl sites for hydroxylation is 2. The van der Waals surface area contributed by atoms with E-state index in [-0.39, 0.29) is 11.6 Å². The average Bonchev–Trinajstić information content (AvgIpc) is 2.61. The Labute approximate surface area is 148 Å². The van der Waals surface area contributed by atoms with Crippen LogP contribution in [-0.2, 0) is 6.42 Å². The largest absolute Gasteiger partial charge is 0.206 e. The lowest BCUT2D eigenvalue weighted by Gasteiger charge is -2.11. The molecule has 0 aliphatic rings. The SMILES string of the molecule is CCCc1ccc(-c2ccc(-c3ccc(C)c(C)c3F)cc2F)cc1. The van der Waals surface area contributed by atoms with Crippen molar-refractivity contribution in [2.45, 2.75) is 33.6 Å². The molecular weight excluding hydrogens is 314 g/mol. The van der Waals surface area contributed by atoms with Gasteiger partial charge in [0.1, 0.15) is 11.6 Å². The summed E-state index contributed by atoms with van der Waals surface area (Å²) in [6.07, 6.45) is 2.11. The Hall–Kier alpha value is -2.48. The first-order chi connectivity index (χ1) is 12.0. The fraction of sp³-hybridized carbons (Fsp3) is 0.217. The van der Waals surface area contributed by atoms with Gasteiger partial charge in [0.15, 0.2) is 0 Å². The van der Waals surface area contributed by atoms with Crippen LogP contribution >= 0.6 is 0 Å². The smallest absolute Gasteiger partial charge is 0.134 e. The maximum atomic E-state index is 14.7. The van der Waals surface area contributed by atoms with E-state index in [0.717, 1.165) is 24.0 Å². The van der Waals surface area contributed by atoms with Gasteiger partial charge >= 0.3 is 0 Å². The van der Waals surface area contributed by atoms with Crippen molar-refractivity contribution < 1.29 is 8.78 Å². The highest BCUT2D eigenvalue weighted by Gasteiger charge is 2.12. The predicted molar refractivity (Wildman–Crippen MR) is 101 cm³/mol. The van der Waals surface area contributed by atoms with Crippen LogP contribution in [0.3, 0.4) is 0 Å². The number of hydrogen-bond donors (Lipinski definition) is 0. The second-order valence-electron chi connectivity index (χ2n) is 6.51. The minimum absolute atomic E-state index is 0.281. The van der Waals surface area contributed by atoms with E-state index in [0.29, 0.717) is 22.3 Å². The van der Waals surface area contributed by atoms with E-state index in [1.807, 2.05) is 37.3 Å². The molecule has 0 bridgehead atoms. The van der Waals surface area contributed by atoms with E-state index in [9.17, 15) is 8.78 Å². The number of benzene rings is 3. The summed E-state index contributed by atoms with van der Waals surface area (Å²) >= 11 is 0. The van der Waals surface area contributed by atoms with Crippen LogP contribution in [0, 0.1) is 25.5 Å². The zero-order chi connectivity index (χ0) is 18.0. The van der Waals surface area contributed by atoms with E-state index < -0.39 is 0 Å². The molecule has 3 rings (SSSR count). The third-order valence-electron chi connectivity index (χ3n) is 4.74. The van der Waals surface area contributed by atoms with Gasteiger partial charge in [-0.1, -0.05) is 61.9 Å².